The van der Waals surface area contributed by atoms with Crippen molar-refractivity contribution in [2.45, 2.75) is 25.9 Å². The molecule has 6 heteroatoms. The van der Waals surface area contributed by atoms with Gasteiger partial charge >= 0.3 is 5.97 Å². The predicted octanol–water partition coefficient (Wildman–Crippen LogP) is -0.410. The third kappa shape index (κ3) is 5.14. The molecule has 1 N–H and O–H groups in total. The van der Waals surface area contributed by atoms with Crippen LogP contribution in [0.15, 0.2) is 0 Å². The van der Waals surface area contributed by atoms with E-state index in [0.717, 1.165) is 13.1 Å². The van der Waals surface area contributed by atoms with Crippen LogP contribution in [-0.4, -0.2) is 65.4 Å². The van der Waals surface area contributed by atoms with E-state index in [1.165, 1.54) is 7.11 Å². The molecule has 0 aromatic rings. The molecule has 1 fully saturated rings. The summed E-state index contributed by atoms with van der Waals surface area (Å²) < 4.78 is 16.0. The molecule has 100 valence electrons. The van der Waals surface area contributed by atoms with Crippen LogP contribution in [0.4, 0.5) is 0 Å². The van der Waals surface area contributed by atoms with Crippen molar-refractivity contribution in [1.82, 2.24) is 10.2 Å². The van der Waals surface area contributed by atoms with Gasteiger partial charge < -0.3 is 10.1 Å². The predicted molar refractivity (Wildman–Crippen MR) is 68.4 cm³/mol. The molecule has 5 nitrogen and oxygen atoms in total. The zero-order valence-corrected chi connectivity index (χ0v) is 11.6. The van der Waals surface area contributed by atoms with Gasteiger partial charge in [0.15, 0.2) is 0 Å². The van der Waals surface area contributed by atoms with Gasteiger partial charge in [-0.1, -0.05) is 13.8 Å². The average Bonchev–Trinajstić information content (AvgIpc) is 2.29. The maximum Gasteiger partial charge on any atom is 0.324 e. The first-order chi connectivity index (χ1) is 8.02. The highest BCUT2D eigenvalue weighted by Crippen LogP contribution is 2.03. The largest absolute Gasteiger partial charge is 0.468 e. The van der Waals surface area contributed by atoms with Gasteiger partial charge in [0.1, 0.15) is 6.04 Å². The average molecular weight is 262 g/mol. The molecule has 1 unspecified atom stereocenters. The van der Waals surface area contributed by atoms with E-state index in [0.29, 0.717) is 18.1 Å². The smallest absolute Gasteiger partial charge is 0.324 e. The van der Waals surface area contributed by atoms with Crippen LogP contribution in [0, 0.1) is 0 Å². The van der Waals surface area contributed by atoms with E-state index < -0.39 is 10.8 Å². The minimum absolute atomic E-state index is 0.231. The molecule has 1 atom stereocenters. The maximum absolute atomic E-state index is 11.6. The highest BCUT2D eigenvalue weighted by Gasteiger charge is 2.24. The van der Waals surface area contributed by atoms with Crippen LogP contribution in [0.5, 0.6) is 0 Å². The van der Waals surface area contributed by atoms with Crippen molar-refractivity contribution >= 4 is 16.8 Å². The Hall–Kier alpha value is -0.460. The van der Waals surface area contributed by atoms with Crippen molar-refractivity contribution in [3.05, 3.63) is 0 Å². The lowest BCUT2D eigenvalue weighted by molar-refractivity contribution is -0.143. The number of nitrogens with one attached hydrogen (secondary N) is 1. The lowest BCUT2D eigenvalue weighted by atomic mass is 10.2. The molecule has 1 aliphatic rings. The standard InChI is InChI=1S/C11H22N2O3S/c1-9(2)12-10(11(14)16-3)8-13-4-6-17(15)7-5-13/h9-10,12H,4-8H2,1-3H3. The molecule has 0 amide bonds. The van der Waals surface area contributed by atoms with Gasteiger partial charge in [-0.25, -0.2) is 0 Å². The van der Waals surface area contributed by atoms with Gasteiger partial charge in [-0.2, -0.15) is 0 Å². The summed E-state index contributed by atoms with van der Waals surface area (Å²) in [4.78, 5) is 13.8. The summed E-state index contributed by atoms with van der Waals surface area (Å²) in [7, 11) is 0.728. The number of nitrogens with zero attached hydrogens (tertiary/aromatic N) is 1. The highest BCUT2D eigenvalue weighted by molar-refractivity contribution is 7.85. The van der Waals surface area contributed by atoms with E-state index in [1.807, 2.05) is 13.8 Å². The molecule has 1 rings (SSSR count). The van der Waals surface area contributed by atoms with Gasteiger partial charge in [0, 0.05) is 48.0 Å². The van der Waals surface area contributed by atoms with Gasteiger partial charge in [-0.15, -0.1) is 0 Å². The maximum atomic E-state index is 11.6. The van der Waals surface area contributed by atoms with Crippen LogP contribution in [-0.2, 0) is 20.3 Å². The molecule has 0 aromatic heterocycles. The van der Waals surface area contributed by atoms with Gasteiger partial charge in [-0.3, -0.25) is 13.9 Å². The van der Waals surface area contributed by atoms with Gasteiger partial charge in [-0.05, 0) is 0 Å². The molecule has 17 heavy (non-hydrogen) atoms. The fraction of sp³-hybridized carbons (Fsp3) is 0.909. The highest BCUT2D eigenvalue weighted by atomic mass is 32.2. The van der Waals surface area contributed by atoms with Crippen LogP contribution >= 0.6 is 0 Å². The van der Waals surface area contributed by atoms with Gasteiger partial charge in [0.05, 0.1) is 7.11 Å². The van der Waals surface area contributed by atoms with Crippen molar-refractivity contribution in [2.24, 2.45) is 0 Å². The number of hydrogen-bond acceptors (Lipinski definition) is 5. The second-order valence-corrected chi connectivity index (χ2v) is 6.24. The number of esters is 1. The third-order valence-corrected chi connectivity index (χ3v) is 4.01. The van der Waals surface area contributed by atoms with Crippen LogP contribution in [0.25, 0.3) is 0 Å². The van der Waals surface area contributed by atoms with E-state index in [-0.39, 0.29) is 18.1 Å². The van der Waals surface area contributed by atoms with E-state index >= 15 is 0 Å². The van der Waals surface area contributed by atoms with Gasteiger partial charge in [0.25, 0.3) is 0 Å². The third-order valence-electron chi connectivity index (χ3n) is 2.73. The number of methoxy groups -OCH3 is 1. The summed E-state index contributed by atoms with van der Waals surface area (Å²) in [5.74, 6) is 1.18. The molecule has 0 radical (unpaired) electrons. The summed E-state index contributed by atoms with van der Waals surface area (Å²) in [6.07, 6.45) is 0. The zero-order chi connectivity index (χ0) is 12.8. The van der Waals surface area contributed by atoms with Crippen LogP contribution in [0.2, 0.25) is 0 Å². The fourth-order valence-corrected chi connectivity index (χ4v) is 2.98. The lowest BCUT2D eigenvalue weighted by Crippen LogP contribution is -2.51. The van der Waals surface area contributed by atoms with E-state index in [4.69, 9.17) is 4.74 Å². The molecule has 0 bridgehead atoms. The SMILES string of the molecule is COC(=O)C(CN1CCS(=O)CC1)NC(C)C. The molecular weight excluding hydrogens is 240 g/mol. The number of rotatable bonds is 5. The second-order valence-electron chi connectivity index (χ2n) is 4.55. The summed E-state index contributed by atoms with van der Waals surface area (Å²) in [6, 6.07) is -0.0652. The van der Waals surface area contributed by atoms with Crippen molar-refractivity contribution < 1.29 is 13.7 Å². The number of hydrogen-bond donors (Lipinski definition) is 1. The topological polar surface area (TPSA) is 58.6 Å². The number of carbonyl (C=O) groups excluding carboxylic acids is 1. The number of ether oxygens (including phenoxy) is 1. The fourth-order valence-electron chi connectivity index (χ4n) is 1.86. The molecule has 0 aliphatic carbocycles. The van der Waals surface area contributed by atoms with E-state index in [2.05, 4.69) is 10.2 Å². The molecule has 0 spiro atoms. The summed E-state index contributed by atoms with van der Waals surface area (Å²) in [5, 5.41) is 3.20. The Labute approximate surface area is 105 Å². The minimum Gasteiger partial charge on any atom is -0.468 e. The molecule has 0 aromatic carbocycles. The zero-order valence-electron chi connectivity index (χ0n) is 10.8. The van der Waals surface area contributed by atoms with E-state index in [1.54, 1.807) is 0 Å². The molecule has 1 heterocycles. The van der Waals surface area contributed by atoms with Crippen LogP contribution < -0.4 is 5.32 Å². The minimum atomic E-state index is -0.677. The normalized spacial score (nSPS) is 20.5. The Morgan fingerprint density at radius 1 is 1.41 bits per heavy atom. The molecule has 1 saturated heterocycles. The first-order valence-electron chi connectivity index (χ1n) is 5.94. The Kier molecular flexibility index (Phi) is 6.08. The van der Waals surface area contributed by atoms with Crippen LogP contribution in [0.3, 0.4) is 0 Å². The first kappa shape index (κ1) is 14.6. The summed E-state index contributed by atoms with van der Waals surface area (Å²) in [6.45, 7) is 6.21. The monoisotopic (exact) mass is 262 g/mol. The molecule has 0 saturated carbocycles. The Bertz CT molecular complexity index is 274. The summed E-state index contributed by atoms with van der Waals surface area (Å²) >= 11 is 0. The molecule has 1 aliphatic heterocycles. The van der Waals surface area contributed by atoms with Crippen molar-refractivity contribution in [2.75, 3.05) is 38.2 Å². The van der Waals surface area contributed by atoms with Crippen LogP contribution in [0.1, 0.15) is 13.8 Å². The van der Waals surface area contributed by atoms with E-state index in [9.17, 15) is 9.00 Å². The Balaban J connectivity index is 2.47. The molecular formula is C11H22N2O3S. The Morgan fingerprint density at radius 3 is 2.47 bits per heavy atom. The lowest BCUT2D eigenvalue weighted by Gasteiger charge is -2.30. The van der Waals surface area contributed by atoms with Crippen molar-refractivity contribution in [3.8, 4) is 0 Å². The summed E-state index contributed by atoms with van der Waals surface area (Å²) in [5.41, 5.74) is 0. The van der Waals surface area contributed by atoms with Crippen molar-refractivity contribution in [1.29, 1.82) is 0 Å². The quantitative estimate of drug-likeness (QED) is 0.683. The van der Waals surface area contributed by atoms with Gasteiger partial charge in [0.2, 0.25) is 0 Å². The Morgan fingerprint density at radius 2 is 2.00 bits per heavy atom. The second kappa shape index (κ2) is 7.08. The van der Waals surface area contributed by atoms with Crippen molar-refractivity contribution in [3.63, 3.8) is 0 Å². The first-order valence-corrected chi connectivity index (χ1v) is 7.43. The number of carbonyl (C=O) groups is 1.